The smallest absolute Gasteiger partial charge is 0.369 e. The van der Waals surface area contributed by atoms with E-state index in [-0.39, 0.29) is 30.1 Å². The summed E-state index contributed by atoms with van der Waals surface area (Å²) in [5.41, 5.74) is 5.51. The molecule has 2 aliphatic heterocycles. The number of fused-ring (bicyclic) bond motifs is 2. The van der Waals surface area contributed by atoms with Gasteiger partial charge in [0.15, 0.2) is 17.4 Å². The summed E-state index contributed by atoms with van der Waals surface area (Å²) in [5, 5.41) is 0.964. The van der Waals surface area contributed by atoms with Crippen LogP contribution in [-0.2, 0) is 32.2 Å². The first kappa shape index (κ1) is 30.2. The molecule has 2 fully saturated rings. The van der Waals surface area contributed by atoms with Crippen molar-refractivity contribution in [1.29, 1.82) is 0 Å². The van der Waals surface area contributed by atoms with Crippen LogP contribution in [0.15, 0.2) is 29.7 Å². The minimum atomic E-state index is -4.85. The van der Waals surface area contributed by atoms with Gasteiger partial charge in [-0.1, -0.05) is 11.6 Å². The summed E-state index contributed by atoms with van der Waals surface area (Å²) in [6, 6.07) is 1.77. The zero-order valence-electron chi connectivity index (χ0n) is 21.9. The highest BCUT2D eigenvalue weighted by atomic mass is 35.5. The molecular formula is C21H25ClN8O11P2. The van der Waals surface area contributed by atoms with Gasteiger partial charge in [0.2, 0.25) is 5.95 Å². The highest BCUT2D eigenvalue weighted by Crippen LogP contribution is 2.50. The predicted octanol–water partition coefficient (Wildman–Crippen LogP) is 1.38. The van der Waals surface area contributed by atoms with Gasteiger partial charge in [0.05, 0.1) is 37.1 Å². The minimum Gasteiger partial charge on any atom is -0.369 e. The van der Waals surface area contributed by atoms with Gasteiger partial charge >= 0.3 is 15.6 Å². The van der Waals surface area contributed by atoms with Crippen LogP contribution in [0.25, 0.3) is 22.2 Å². The fourth-order valence-electron chi connectivity index (χ4n) is 5.04. The molecule has 4 aromatic rings. The number of halogens is 1. The molecule has 6 atom stereocenters. The van der Waals surface area contributed by atoms with Gasteiger partial charge in [-0.2, -0.15) is 4.98 Å². The van der Waals surface area contributed by atoms with E-state index in [1.165, 1.54) is 17.2 Å². The summed E-state index contributed by atoms with van der Waals surface area (Å²) in [5.74, 6) is -0.217. The molecule has 2 saturated heterocycles. The van der Waals surface area contributed by atoms with Gasteiger partial charge < -0.3 is 34.5 Å². The van der Waals surface area contributed by atoms with Crippen LogP contribution in [0.1, 0.15) is 31.7 Å². The van der Waals surface area contributed by atoms with Gasteiger partial charge in [-0.05, 0) is 18.9 Å². The van der Waals surface area contributed by atoms with Gasteiger partial charge in [-0.25, -0.2) is 24.1 Å². The number of nitrogen functional groups attached to an aromatic ring is 1. The Morgan fingerprint density at radius 3 is 2.65 bits per heavy atom. The lowest BCUT2D eigenvalue weighted by molar-refractivity contribution is -0.0531. The molecule has 6 heterocycles. The number of nitrogens with two attached hydrogens (primary N) is 1. The molecule has 0 radical (unpaired) electrons. The first-order valence-corrected chi connectivity index (χ1v) is 16.1. The van der Waals surface area contributed by atoms with Crippen LogP contribution in [0.5, 0.6) is 0 Å². The van der Waals surface area contributed by atoms with Gasteiger partial charge in [0, 0.05) is 12.6 Å². The number of ether oxygens (including phenoxy) is 2. The molecular weight excluding hydrogens is 638 g/mol. The minimum absolute atomic E-state index is 0.0143. The molecule has 0 aromatic carbocycles. The van der Waals surface area contributed by atoms with Gasteiger partial charge in [0.1, 0.15) is 29.5 Å². The van der Waals surface area contributed by atoms with Crippen molar-refractivity contribution < 1.29 is 46.9 Å². The Labute approximate surface area is 245 Å². The maximum absolute atomic E-state index is 13.1. The number of imidazole rings is 1. The van der Waals surface area contributed by atoms with Crippen molar-refractivity contribution in [2.24, 2.45) is 0 Å². The second-order valence-electron chi connectivity index (χ2n) is 9.77. The Bertz CT molecular complexity index is 1810. The molecule has 232 valence electrons. The molecule has 0 saturated carbocycles. The van der Waals surface area contributed by atoms with Crippen LogP contribution >= 0.6 is 27.2 Å². The Balaban J connectivity index is 1.14. The van der Waals surface area contributed by atoms with Crippen LogP contribution in [0, 0.1) is 0 Å². The maximum atomic E-state index is 13.1. The maximum Gasteiger partial charge on any atom is 0.472 e. The fourth-order valence-corrected chi connectivity index (χ4v) is 6.54. The number of hydrogen-bond acceptors (Lipinski definition) is 13. The molecule has 0 aliphatic carbocycles. The van der Waals surface area contributed by atoms with E-state index >= 15 is 0 Å². The normalized spacial score (nSPS) is 26.0. The zero-order valence-corrected chi connectivity index (χ0v) is 24.4. The molecule has 43 heavy (non-hydrogen) atoms. The van der Waals surface area contributed by atoms with Crippen molar-refractivity contribution in [3.05, 3.63) is 40.4 Å². The second kappa shape index (κ2) is 11.6. The van der Waals surface area contributed by atoms with E-state index in [0.29, 0.717) is 29.0 Å². The number of hydrogen-bond donors (Lipinski definition) is 5. The lowest BCUT2D eigenvalue weighted by Gasteiger charge is -2.23. The largest absolute Gasteiger partial charge is 0.472 e. The quantitative estimate of drug-likeness (QED) is 0.119. The third kappa shape index (κ3) is 6.52. The van der Waals surface area contributed by atoms with E-state index < -0.39 is 58.6 Å². The van der Waals surface area contributed by atoms with Crippen molar-refractivity contribution in [3.8, 4) is 0 Å². The monoisotopic (exact) mass is 662 g/mol. The Hall–Kier alpha value is -2.80. The number of nitrogens with one attached hydrogen (secondary N) is 1. The highest BCUT2D eigenvalue weighted by Gasteiger charge is 2.44. The number of H-pyrrole nitrogens is 1. The van der Waals surface area contributed by atoms with E-state index in [1.807, 2.05) is 0 Å². The zero-order chi connectivity index (χ0) is 30.5. The fraction of sp³-hybridized carbons (Fsp3) is 0.476. The summed E-state index contributed by atoms with van der Waals surface area (Å²) in [4.78, 5) is 59.6. The molecule has 2 unspecified atom stereocenters. The summed E-state index contributed by atoms with van der Waals surface area (Å²) in [7, 11) is -9.61. The molecule has 6 N–H and O–H groups in total. The number of phosphoric acid groups is 2. The lowest BCUT2D eigenvalue weighted by atomic mass is 10.2. The summed E-state index contributed by atoms with van der Waals surface area (Å²) >= 11 is 6.13. The highest BCUT2D eigenvalue weighted by molar-refractivity contribution is 7.47. The average molecular weight is 663 g/mol. The number of anilines is 1. The van der Waals surface area contributed by atoms with E-state index in [2.05, 4.69) is 29.4 Å². The number of nitrogens with zero attached hydrogens (tertiary/aromatic N) is 6. The van der Waals surface area contributed by atoms with Crippen LogP contribution in [-0.4, -0.2) is 80.3 Å². The molecule has 6 rings (SSSR count). The van der Waals surface area contributed by atoms with Crippen molar-refractivity contribution in [1.82, 2.24) is 34.1 Å². The lowest BCUT2D eigenvalue weighted by Crippen LogP contribution is -2.24. The predicted molar refractivity (Wildman–Crippen MR) is 145 cm³/mol. The summed E-state index contributed by atoms with van der Waals surface area (Å²) in [6.45, 7) is -0.856. The van der Waals surface area contributed by atoms with E-state index in [4.69, 9.17) is 45.6 Å². The molecule has 4 aromatic heterocycles. The first-order chi connectivity index (χ1) is 20.4. The van der Waals surface area contributed by atoms with Crippen molar-refractivity contribution in [3.63, 3.8) is 0 Å². The third-order valence-corrected chi connectivity index (χ3v) is 8.65. The Morgan fingerprint density at radius 2 is 1.86 bits per heavy atom. The topological polar surface area (TPSA) is 261 Å². The third-order valence-electron chi connectivity index (χ3n) is 6.85. The first-order valence-electron chi connectivity index (χ1n) is 12.7. The average Bonchev–Trinajstić information content (AvgIpc) is 3.71. The van der Waals surface area contributed by atoms with Crippen molar-refractivity contribution in [2.45, 2.75) is 50.0 Å². The molecule has 0 amide bonds. The molecule has 0 spiro atoms. The number of aromatic amines is 1. The van der Waals surface area contributed by atoms with Crippen LogP contribution < -0.4 is 11.3 Å². The standard InChI is InChI=1S/C21H25ClN8O11P2/c22-16-12-3-4-29(17(12)25-8-24-16)14-2-1-10(39-14)6-38-43(35,36)41-13-5-11(7-37-42(32,33)34)40-20(13)30-9-26-15-18(30)27-21(23)28-19(15)31/h3-4,8-11,13-14,20H,1-2,5-7H2,(H,35,36)(H2,32,33,34)(H3,23,27,28,31)/t10-,11-,13?,14+,20+/m0/s1. The van der Waals surface area contributed by atoms with Crippen LogP contribution in [0.3, 0.4) is 0 Å². The summed E-state index contributed by atoms with van der Waals surface area (Å²) in [6.07, 6.45) is 0.800. The van der Waals surface area contributed by atoms with Gasteiger partial charge in [0.25, 0.3) is 5.56 Å². The molecule has 2 aliphatic rings. The Morgan fingerprint density at radius 1 is 1.07 bits per heavy atom. The number of phosphoric ester groups is 2. The van der Waals surface area contributed by atoms with Gasteiger partial charge in [-0.15, -0.1) is 0 Å². The second-order valence-corrected chi connectivity index (χ2v) is 12.8. The summed E-state index contributed by atoms with van der Waals surface area (Å²) < 4.78 is 54.4. The molecule has 19 nitrogen and oxygen atoms in total. The Kier molecular flexibility index (Phi) is 8.16. The van der Waals surface area contributed by atoms with E-state index in [9.17, 15) is 18.8 Å². The van der Waals surface area contributed by atoms with Crippen molar-refractivity contribution >= 4 is 55.4 Å². The molecule has 22 heteroatoms. The SMILES string of the molecule is Nc1nc2c(ncn2[C@@H]2O[C@H](COP(=O)(O)O)CC2OP(=O)(O)OC[C@@H]2CC[C@H](n3ccc4c(Cl)ncnc43)O2)c(=O)[nH]1. The number of aromatic nitrogens is 7. The van der Waals surface area contributed by atoms with Crippen LogP contribution in [0.4, 0.5) is 5.95 Å². The van der Waals surface area contributed by atoms with Crippen molar-refractivity contribution in [2.75, 3.05) is 18.9 Å². The number of rotatable bonds is 10. The van der Waals surface area contributed by atoms with E-state index in [1.54, 1.807) is 16.8 Å². The van der Waals surface area contributed by atoms with E-state index in [0.717, 1.165) is 0 Å². The van der Waals surface area contributed by atoms with Gasteiger partial charge in [-0.3, -0.25) is 27.9 Å². The van der Waals surface area contributed by atoms with Crippen LogP contribution in [0.2, 0.25) is 5.15 Å². The molecule has 0 bridgehead atoms.